The highest BCUT2D eigenvalue weighted by Gasteiger charge is 2.13. The molecule has 0 aliphatic carbocycles. The van der Waals surface area contributed by atoms with E-state index in [4.69, 9.17) is 5.73 Å². The van der Waals surface area contributed by atoms with Crippen LogP contribution >= 0.6 is 0 Å². The molecule has 116 valence electrons. The Morgan fingerprint density at radius 1 is 0.870 bits per heavy atom. The van der Waals surface area contributed by atoms with E-state index in [9.17, 15) is 5.11 Å². The third-order valence-corrected chi connectivity index (χ3v) is 4.01. The zero-order chi connectivity index (χ0) is 16.2. The van der Waals surface area contributed by atoms with Gasteiger partial charge in [0.1, 0.15) is 5.75 Å². The average Bonchev–Trinajstić information content (AvgIpc) is 2.56. The summed E-state index contributed by atoms with van der Waals surface area (Å²) in [4.78, 5) is 0. The highest BCUT2D eigenvalue weighted by atomic mass is 16.3. The average molecular weight is 303 g/mol. The molecule has 0 amide bonds. The minimum absolute atomic E-state index is 0.271. The summed E-state index contributed by atoms with van der Waals surface area (Å²) in [7, 11) is 0. The molecule has 0 saturated carbocycles. The lowest BCUT2D eigenvalue weighted by Crippen LogP contribution is -1.97. The Labute approximate surface area is 137 Å². The van der Waals surface area contributed by atoms with Gasteiger partial charge in [-0.25, -0.2) is 0 Å². The van der Waals surface area contributed by atoms with Crippen LogP contribution in [-0.4, -0.2) is 5.11 Å². The molecule has 0 spiro atoms. The summed E-state index contributed by atoms with van der Waals surface area (Å²) in [5.74, 6) is 0.271. The van der Waals surface area contributed by atoms with Crippen molar-refractivity contribution in [2.45, 2.75) is 19.8 Å². The van der Waals surface area contributed by atoms with Gasteiger partial charge in [-0.1, -0.05) is 61.9 Å². The van der Waals surface area contributed by atoms with Gasteiger partial charge in [-0.2, -0.15) is 0 Å². The fourth-order valence-corrected chi connectivity index (χ4v) is 2.96. The first-order valence-electron chi connectivity index (χ1n) is 7.96. The maximum absolute atomic E-state index is 9.56. The van der Waals surface area contributed by atoms with Crippen LogP contribution in [0.15, 0.2) is 66.7 Å². The van der Waals surface area contributed by atoms with Gasteiger partial charge in [-0.05, 0) is 46.9 Å². The molecule has 0 atom stereocenters. The van der Waals surface area contributed by atoms with Crippen LogP contribution in [0.1, 0.15) is 18.9 Å². The first-order chi connectivity index (χ1) is 11.2. The van der Waals surface area contributed by atoms with E-state index in [1.54, 1.807) is 12.1 Å². The van der Waals surface area contributed by atoms with Gasteiger partial charge in [0.25, 0.3) is 0 Å². The van der Waals surface area contributed by atoms with Gasteiger partial charge < -0.3 is 10.8 Å². The maximum Gasteiger partial charge on any atom is 0.115 e. The summed E-state index contributed by atoms with van der Waals surface area (Å²) in [6, 6.07) is 21.8. The SMILES string of the molecule is CCCc1cc(N)c(-c2ccccc2)c(-c2ccc(O)cc2)c1. The second kappa shape index (κ2) is 6.57. The van der Waals surface area contributed by atoms with Gasteiger partial charge in [0, 0.05) is 11.3 Å². The molecule has 0 radical (unpaired) electrons. The number of anilines is 1. The molecule has 0 saturated heterocycles. The summed E-state index contributed by atoms with van der Waals surface area (Å²) in [5, 5.41) is 9.56. The third-order valence-electron chi connectivity index (χ3n) is 4.01. The van der Waals surface area contributed by atoms with Crippen LogP contribution in [0.3, 0.4) is 0 Å². The van der Waals surface area contributed by atoms with Crippen molar-refractivity contribution in [3.63, 3.8) is 0 Å². The topological polar surface area (TPSA) is 46.2 Å². The minimum atomic E-state index is 0.271. The smallest absolute Gasteiger partial charge is 0.115 e. The van der Waals surface area contributed by atoms with Crippen LogP contribution in [0.5, 0.6) is 5.75 Å². The van der Waals surface area contributed by atoms with Gasteiger partial charge in [0.05, 0.1) is 0 Å². The molecule has 0 aliphatic heterocycles. The Kier molecular flexibility index (Phi) is 4.33. The Bertz CT molecular complexity index is 792. The molecule has 0 aliphatic rings. The van der Waals surface area contributed by atoms with E-state index in [1.165, 1.54) is 5.56 Å². The fraction of sp³-hybridized carbons (Fsp3) is 0.143. The number of benzene rings is 3. The quantitative estimate of drug-likeness (QED) is 0.646. The third kappa shape index (κ3) is 3.21. The minimum Gasteiger partial charge on any atom is -0.508 e. The van der Waals surface area contributed by atoms with Crippen molar-refractivity contribution in [1.29, 1.82) is 0 Å². The Morgan fingerprint density at radius 2 is 1.57 bits per heavy atom. The largest absolute Gasteiger partial charge is 0.508 e. The Morgan fingerprint density at radius 3 is 2.22 bits per heavy atom. The molecule has 0 aromatic heterocycles. The molecule has 0 fully saturated rings. The van der Waals surface area contributed by atoms with E-state index < -0.39 is 0 Å². The van der Waals surface area contributed by atoms with Gasteiger partial charge in [0.15, 0.2) is 0 Å². The van der Waals surface area contributed by atoms with E-state index in [0.717, 1.165) is 40.8 Å². The summed E-state index contributed by atoms with van der Waals surface area (Å²) in [6.45, 7) is 2.17. The second-order valence-corrected chi connectivity index (χ2v) is 5.77. The van der Waals surface area contributed by atoms with Crippen molar-refractivity contribution in [3.8, 4) is 28.0 Å². The van der Waals surface area contributed by atoms with E-state index in [1.807, 2.05) is 30.3 Å². The zero-order valence-corrected chi connectivity index (χ0v) is 13.3. The summed E-state index contributed by atoms with van der Waals surface area (Å²) in [6.07, 6.45) is 2.09. The Balaban J connectivity index is 2.23. The van der Waals surface area contributed by atoms with E-state index >= 15 is 0 Å². The monoisotopic (exact) mass is 303 g/mol. The summed E-state index contributed by atoms with van der Waals surface area (Å²) < 4.78 is 0. The van der Waals surface area contributed by atoms with Gasteiger partial charge in [-0.15, -0.1) is 0 Å². The van der Waals surface area contributed by atoms with E-state index in [-0.39, 0.29) is 5.75 Å². The van der Waals surface area contributed by atoms with Crippen LogP contribution in [-0.2, 0) is 6.42 Å². The molecule has 3 N–H and O–H groups in total. The highest BCUT2D eigenvalue weighted by Crippen LogP contribution is 2.38. The zero-order valence-electron chi connectivity index (χ0n) is 13.3. The lowest BCUT2D eigenvalue weighted by molar-refractivity contribution is 0.475. The van der Waals surface area contributed by atoms with Crippen LogP contribution in [0, 0.1) is 0 Å². The number of nitrogen functional groups attached to an aromatic ring is 1. The highest BCUT2D eigenvalue weighted by molar-refractivity contribution is 5.91. The van der Waals surface area contributed by atoms with Crippen LogP contribution in [0.25, 0.3) is 22.3 Å². The lowest BCUT2D eigenvalue weighted by Gasteiger charge is -2.16. The number of nitrogens with two attached hydrogens (primary N) is 1. The molecule has 23 heavy (non-hydrogen) atoms. The standard InChI is InChI=1S/C21H21NO/c1-2-6-15-13-19(16-9-11-18(23)12-10-16)21(20(22)14-15)17-7-4-3-5-8-17/h3-5,7-14,23H,2,6,22H2,1H3. The molecule has 2 nitrogen and oxygen atoms in total. The molecular weight excluding hydrogens is 282 g/mol. The van der Waals surface area contributed by atoms with Crippen LogP contribution < -0.4 is 5.73 Å². The number of phenolic OH excluding ortho intramolecular Hbond substituents is 1. The first-order valence-corrected chi connectivity index (χ1v) is 7.96. The van der Waals surface area contributed by atoms with E-state index in [2.05, 4.69) is 31.2 Å². The molecule has 2 heteroatoms. The molecule has 3 aromatic rings. The predicted molar refractivity (Wildman–Crippen MR) is 97.4 cm³/mol. The van der Waals surface area contributed by atoms with Crippen molar-refractivity contribution >= 4 is 5.69 Å². The molecule has 0 bridgehead atoms. The number of rotatable bonds is 4. The number of hydrogen-bond donors (Lipinski definition) is 2. The molecule has 3 rings (SSSR count). The van der Waals surface area contributed by atoms with Crippen molar-refractivity contribution in [1.82, 2.24) is 0 Å². The Hall–Kier alpha value is -2.74. The summed E-state index contributed by atoms with van der Waals surface area (Å²) in [5.41, 5.74) is 12.8. The van der Waals surface area contributed by atoms with Crippen LogP contribution in [0.4, 0.5) is 5.69 Å². The number of aryl methyl sites for hydroxylation is 1. The number of hydrogen-bond acceptors (Lipinski definition) is 2. The van der Waals surface area contributed by atoms with Crippen molar-refractivity contribution in [2.75, 3.05) is 5.73 Å². The molecule has 0 unspecified atom stereocenters. The maximum atomic E-state index is 9.56. The molecule has 0 heterocycles. The number of aromatic hydroxyl groups is 1. The van der Waals surface area contributed by atoms with Crippen molar-refractivity contribution in [3.05, 3.63) is 72.3 Å². The number of phenols is 1. The fourth-order valence-electron chi connectivity index (χ4n) is 2.96. The van der Waals surface area contributed by atoms with Gasteiger partial charge in [-0.3, -0.25) is 0 Å². The normalized spacial score (nSPS) is 10.7. The summed E-state index contributed by atoms with van der Waals surface area (Å²) >= 11 is 0. The second-order valence-electron chi connectivity index (χ2n) is 5.77. The molecular formula is C21H21NO. The van der Waals surface area contributed by atoms with E-state index in [0.29, 0.717) is 0 Å². The lowest BCUT2D eigenvalue weighted by atomic mass is 9.90. The van der Waals surface area contributed by atoms with Crippen molar-refractivity contribution < 1.29 is 5.11 Å². The van der Waals surface area contributed by atoms with Crippen LogP contribution in [0.2, 0.25) is 0 Å². The van der Waals surface area contributed by atoms with Crippen molar-refractivity contribution in [2.24, 2.45) is 0 Å². The van der Waals surface area contributed by atoms with Gasteiger partial charge in [0.2, 0.25) is 0 Å². The molecule has 3 aromatic carbocycles. The predicted octanol–water partition coefficient (Wildman–Crippen LogP) is 5.26. The van der Waals surface area contributed by atoms with Gasteiger partial charge >= 0.3 is 0 Å². The first kappa shape index (κ1) is 15.2.